The highest BCUT2D eigenvalue weighted by molar-refractivity contribution is 7.98. The molecular formula is C19H21N3O3S2. The molecule has 0 bridgehead atoms. The second-order valence-electron chi connectivity index (χ2n) is 5.78. The van der Waals surface area contributed by atoms with Gasteiger partial charge in [-0.2, -0.15) is 0 Å². The summed E-state index contributed by atoms with van der Waals surface area (Å²) in [6.45, 7) is 4.47. The van der Waals surface area contributed by atoms with Gasteiger partial charge in [-0.1, -0.05) is 18.7 Å². The molecule has 27 heavy (non-hydrogen) atoms. The van der Waals surface area contributed by atoms with Crippen LogP contribution in [-0.2, 0) is 17.8 Å². The van der Waals surface area contributed by atoms with Gasteiger partial charge in [-0.15, -0.1) is 11.3 Å². The molecule has 1 aromatic carbocycles. The van der Waals surface area contributed by atoms with Crippen molar-refractivity contribution in [1.29, 1.82) is 0 Å². The van der Waals surface area contributed by atoms with E-state index in [1.807, 2.05) is 26.2 Å². The van der Waals surface area contributed by atoms with E-state index in [-0.39, 0.29) is 18.0 Å². The number of benzene rings is 1. The van der Waals surface area contributed by atoms with E-state index < -0.39 is 0 Å². The third kappa shape index (κ3) is 4.33. The summed E-state index contributed by atoms with van der Waals surface area (Å²) in [5, 5.41) is 3.93. The van der Waals surface area contributed by atoms with Crippen LogP contribution in [0.15, 0.2) is 40.3 Å². The van der Waals surface area contributed by atoms with E-state index in [0.29, 0.717) is 22.8 Å². The van der Waals surface area contributed by atoms with Gasteiger partial charge in [0.05, 0.1) is 12.0 Å². The number of aromatic nitrogens is 2. The molecule has 0 atom stereocenters. The summed E-state index contributed by atoms with van der Waals surface area (Å²) in [7, 11) is 0. The number of carbonyl (C=O) groups excluding carboxylic acids is 1. The second-order valence-corrected chi connectivity index (χ2v) is 7.67. The smallest absolute Gasteiger partial charge is 0.263 e. The van der Waals surface area contributed by atoms with Crippen LogP contribution in [0.2, 0.25) is 0 Å². The lowest BCUT2D eigenvalue weighted by Crippen LogP contribution is -2.29. The van der Waals surface area contributed by atoms with E-state index in [2.05, 4.69) is 10.3 Å². The van der Waals surface area contributed by atoms with Crippen molar-refractivity contribution in [2.75, 3.05) is 18.2 Å². The van der Waals surface area contributed by atoms with Gasteiger partial charge in [0.2, 0.25) is 5.91 Å². The molecule has 0 radical (unpaired) electrons. The summed E-state index contributed by atoms with van der Waals surface area (Å²) in [5.41, 5.74) is 0.474. The zero-order valence-electron chi connectivity index (χ0n) is 15.4. The quantitative estimate of drug-likeness (QED) is 0.480. The first-order valence-electron chi connectivity index (χ1n) is 8.65. The predicted octanol–water partition coefficient (Wildman–Crippen LogP) is 3.78. The molecule has 3 rings (SSSR count). The number of nitrogens with zero attached hydrogens (tertiary/aromatic N) is 2. The van der Waals surface area contributed by atoms with Crippen LogP contribution >= 0.6 is 23.1 Å². The molecule has 0 saturated carbocycles. The molecular weight excluding hydrogens is 382 g/mol. The fourth-order valence-corrected chi connectivity index (χ4v) is 4.23. The number of nitrogens with one attached hydrogen (secondary N) is 1. The fraction of sp³-hybridized carbons (Fsp3) is 0.316. The van der Waals surface area contributed by atoms with E-state index in [9.17, 15) is 9.59 Å². The van der Waals surface area contributed by atoms with E-state index in [4.69, 9.17) is 4.74 Å². The molecule has 2 aromatic heterocycles. The normalized spacial score (nSPS) is 10.9. The van der Waals surface area contributed by atoms with Gasteiger partial charge >= 0.3 is 0 Å². The van der Waals surface area contributed by atoms with E-state index >= 15 is 0 Å². The Kier molecular flexibility index (Phi) is 6.18. The number of amides is 1. The van der Waals surface area contributed by atoms with Gasteiger partial charge in [-0.05, 0) is 49.9 Å². The number of thioether (sulfide) groups is 1. The van der Waals surface area contributed by atoms with Gasteiger partial charge < -0.3 is 10.1 Å². The minimum atomic E-state index is -0.274. The van der Waals surface area contributed by atoms with Gasteiger partial charge in [0.1, 0.15) is 17.1 Å². The largest absolute Gasteiger partial charge is 0.494 e. The minimum Gasteiger partial charge on any atom is -0.494 e. The maximum atomic E-state index is 12.9. The number of rotatable bonds is 7. The molecule has 0 fully saturated rings. The summed E-state index contributed by atoms with van der Waals surface area (Å²) in [4.78, 5) is 31.7. The van der Waals surface area contributed by atoms with Crippen molar-refractivity contribution in [3.8, 4) is 5.75 Å². The maximum Gasteiger partial charge on any atom is 0.263 e. The van der Waals surface area contributed by atoms with Crippen molar-refractivity contribution < 1.29 is 9.53 Å². The lowest BCUT2D eigenvalue weighted by Gasteiger charge is -2.11. The summed E-state index contributed by atoms with van der Waals surface area (Å²) in [6.07, 6.45) is 2.70. The molecule has 8 heteroatoms. The SMILES string of the molecule is CCOc1ccc(NC(=O)Cn2c(SC)nc3sc(CC)cc3c2=O)cc1. The van der Waals surface area contributed by atoms with Crippen LogP contribution < -0.4 is 15.6 Å². The third-order valence-corrected chi connectivity index (χ3v) is 5.80. The summed E-state index contributed by atoms with van der Waals surface area (Å²) in [5.74, 6) is 0.471. The molecule has 2 heterocycles. The lowest BCUT2D eigenvalue weighted by atomic mass is 10.3. The number of carbonyl (C=O) groups is 1. The van der Waals surface area contributed by atoms with Crippen LogP contribution in [0.4, 0.5) is 5.69 Å². The lowest BCUT2D eigenvalue weighted by molar-refractivity contribution is -0.116. The molecule has 6 nitrogen and oxygen atoms in total. The van der Waals surface area contributed by atoms with Gasteiger partial charge in [0, 0.05) is 10.6 Å². The Morgan fingerprint density at radius 2 is 2.04 bits per heavy atom. The number of anilines is 1. The van der Waals surface area contributed by atoms with Crippen LogP contribution in [0.1, 0.15) is 18.7 Å². The molecule has 0 spiro atoms. The van der Waals surface area contributed by atoms with Crippen molar-refractivity contribution in [2.24, 2.45) is 0 Å². The number of aryl methyl sites for hydroxylation is 1. The highest BCUT2D eigenvalue weighted by Gasteiger charge is 2.16. The monoisotopic (exact) mass is 403 g/mol. The van der Waals surface area contributed by atoms with E-state index in [1.165, 1.54) is 27.7 Å². The van der Waals surface area contributed by atoms with Gasteiger partial charge in [-0.3, -0.25) is 14.2 Å². The Hall–Kier alpha value is -2.32. The highest BCUT2D eigenvalue weighted by atomic mass is 32.2. The van der Waals surface area contributed by atoms with Gasteiger partial charge in [0.25, 0.3) is 5.56 Å². The number of hydrogen-bond donors (Lipinski definition) is 1. The topological polar surface area (TPSA) is 73.2 Å². The first-order chi connectivity index (χ1) is 13.0. The molecule has 0 aliphatic carbocycles. The molecule has 3 aromatic rings. The summed E-state index contributed by atoms with van der Waals surface area (Å²) in [6, 6.07) is 9.01. The molecule has 0 unspecified atom stereocenters. The van der Waals surface area contributed by atoms with Crippen molar-refractivity contribution in [1.82, 2.24) is 9.55 Å². The predicted molar refractivity (Wildman–Crippen MR) is 111 cm³/mol. The Morgan fingerprint density at radius 3 is 2.67 bits per heavy atom. The Bertz CT molecular complexity index is 1010. The van der Waals surface area contributed by atoms with Crippen molar-refractivity contribution in [3.63, 3.8) is 0 Å². The van der Waals surface area contributed by atoms with Crippen molar-refractivity contribution in [2.45, 2.75) is 32.0 Å². The minimum absolute atomic E-state index is 0.0809. The van der Waals surface area contributed by atoms with Crippen LogP contribution in [0.25, 0.3) is 10.2 Å². The molecule has 0 aliphatic heterocycles. The number of thiophene rings is 1. The fourth-order valence-electron chi connectivity index (χ4n) is 2.66. The first-order valence-corrected chi connectivity index (χ1v) is 10.7. The molecule has 142 valence electrons. The Morgan fingerprint density at radius 1 is 1.30 bits per heavy atom. The zero-order valence-corrected chi connectivity index (χ0v) is 17.1. The molecule has 1 amide bonds. The van der Waals surface area contributed by atoms with E-state index in [0.717, 1.165) is 21.9 Å². The Balaban J connectivity index is 1.83. The number of ether oxygens (including phenoxy) is 1. The van der Waals surface area contributed by atoms with Gasteiger partial charge in [0.15, 0.2) is 5.16 Å². The standard InChI is InChI=1S/C19H21N3O3S2/c1-4-14-10-15-17(27-14)21-19(26-3)22(18(15)24)11-16(23)20-12-6-8-13(9-7-12)25-5-2/h6-10H,4-5,11H2,1-3H3,(H,20,23). The summed E-state index contributed by atoms with van der Waals surface area (Å²) >= 11 is 2.89. The van der Waals surface area contributed by atoms with Crippen LogP contribution in [0, 0.1) is 0 Å². The molecule has 0 saturated heterocycles. The maximum absolute atomic E-state index is 12.9. The zero-order chi connectivity index (χ0) is 19.4. The number of hydrogen-bond acceptors (Lipinski definition) is 6. The van der Waals surface area contributed by atoms with Crippen molar-refractivity contribution in [3.05, 3.63) is 45.6 Å². The van der Waals surface area contributed by atoms with Crippen LogP contribution in [-0.4, -0.2) is 28.3 Å². The average Bonchev–Trinajstić information content (AvgIpc) is 3.09. The molecule has 0 aliphatic rings. The second kappa shape index (κ2) is 8.58. The van der Waals surface area contributed by atoms with Crippen LogP contribution in [0.3, 0.4) is 0 Å². The van der Waals surface area contributed by atoms with Gasteiger partial charge in [-0.25, -0.2) is 4.98 Å². The highest BCUT2D eigenvalue weighted by Crippen LogP contribution is 2.24. The number of fused-ring (bicyclic) bond motifs is 1. The average molecular weight is 404 g/mol. The van der Waals surface area contributed by atoms with E-state index in [1.54, 1.807) is 24.3 Å². The summed E-state index contributed by atoms with van der Waals surface area (Å²) < 4.78 is 6.82. The Labute approximate surface area is 165 Å². The molecule has 1 N–H and O–H groups in total. The first kappa shape index (κ1) is 19.4. The third-order valence-electron chi connectivity index (χ3n) is 3.95. The van der Waals surface area contributed by atoms with Crippen molar-refractivity contribution >= 4 is 44.9 Å². The van der Waals surface area contributed by atoms with Crippen LogP contribution in [0.5, 0.6) is 5.75 Å².